The first kappa shape index (κ1) is 9.85. The summed E-state index contributed by atoms with van der Waals surface area (Å²) in [6, 6.07) is 3.75. The number of ether oxygens (including phenoxy) is 1. The highest BCUT2D eigenvalue weighted by Gasteiger charge is 2.05. The van der Waals surface area contributed by atoms with E-state index in [1.54, 1.807) is 7.11 Å². The van der Waals surface area contributed by atoms with Crippen molar-refractivity contribution in [3.05, 3.63) is 33.3 Å². The van der Waals surface area contributed by atoms with Crippen LogP contribution in [0.5, 0.6) is 0 Å². The third kappa shape index (κ3) is 2.13. The maximum absolute atomic E-state index is 5.95. The fourth-order valence-electron chi connectivity index (χ4n) is 1.01. The second-order valence-corrected chi connectivity index (χ2v) is 3.45. The van der Waals surface area contributed by atoms with Gasteiger partial charge in [-0.25, -0.2) is 0 Å². The van der Waals surface area contributed by atoms with Gasteiger partial charge in [-0.05, 0) is 24.6 Å². The third-order valence-electron chi connectivity index (χ3n) is 1.57. The van der Waals surface area contributed by atoms with Gasteiger partial charge in [-0.2, -0.15) is 0 Å². The average molecular weight is 205 g/mol. The standard InChI is InChI=1S/C9H10Cl2O/c1-6-3-8(10)7(5-12-2)9(11)4-6/h3-4H,5H2,1-2H3. The summed E-state index contributed by atoms with van der Waals surface area (Å²) < 4.78 is 4.96. The predicted molar refractivity (Wildman–Crippen MR) is 51.9 cm³/mol. The number of rotatable bonds is 2. The van der Waals surface area contributed by atoms with E-state index in [0.717, 1.165) is 11.1 Å². The van der Waals surface area contributed by atoms with Crippen LogP contribution in [-0.2, 0) is 11.3 Å². The van der Waals surface area contributed by atoms with Crippen molar-refractivity contribution in [3.63, 3.8) is 0 Å². The van der Waals surface area contributed by atoms with Gasteiger partial charge in [0.05, 0.1) is 6.61 Å². The lowest BCUT2D eigenvalue weighted by Crippen LogP contribution is -1.91. The van der Waals surface area contributed by atoms with Gasteiger partial charge in [0.2, 0.25) is 0 Å². The Balaban J connectivity index is 3.10. The highest BCUT2D eigenvalue weighted by Crippen LogP contribution is 2.26. The van der Waals surface area contributed by atoms with E-state index in [9.17, 15) is 0 Å². The van der Waals surface area contributed by atoms with E-state index in [0.29, 0.717) is 16.7 Å². The highest BCUT2D eigenvalue weighted by atomic mass is 35.5. The zero-order valence-corrected chi connectivity index (χ0v) is 8.54. The molecule has 1 aromatic rings. The molecule has 0 heterocycles. The van der Waals surface area contributed by atoms with Gasteiger partial charge in [0.15, 0.2) is 0 Å². The predicted octanol–water partition coefficient (Wildman–Crippen LogP) is 3.45. The quantitative estimate of drug-likeness (QED) is 0.718. The molecule has 0 aliphatic carbocycles. The van der Waals surface area contributed by atoms with Gasteiger partial charge in [0.25, 0.3) is 0 Å². The van der Waals surface area contributed by atoms with E-state index in [2.05, 4.69) is 0 Å². The second kappa shape index (κ2) is 4.13. The van der Waals surface area contributed by atoms with Crippen LogP contribution in [0.3, 0.4) is 0 Å². The first-order chi connectivity index (χ1) is 5.65. The smallest absolute Gasteiger partial charge is 0.0742 e. The summed E-state index contributed by atoms with van der Waals surface area (Å²) in [5, 5.41) is 1.34. The van der Waals surface area contributed by atoms with Crippen LogP contribution in [0.15, 0.2) is 12.1 Å². The van der Waals surface area contributed by atoms with Crippen LogP contribution in [0.1, 0.15) is 11.1 Å². The van der Waals surface area contributed by atoms with E-state index in [-0.39, 0.29) is 0 Å². The van der Waals surface area contributed by atoms with Crippen LogP contribution in [0.2, 0.25) is 10.0 Å². The maximum atomic E-state index is 5.95. The second-order valence-electron chi connectivity index (χ2n) is 2.64. The fraction of sp³-hybridized carbons (Fsp3) is 0.333. The van der Waals surface area contributed by atoms with E-state index < -0.39 is 0 Å². The molecule has 3 heteroatoms. The molecular weight excluding hydrogens is 195 g/mol. The average Bonchev–Trinajstić information content (AvgIpc) is 1.96. The maximum Gasteiger partial charge on any atom is 0.0742 e. The van der Waals surface area contributed by atoms with Crippen molar-refractivity contribution in [2.45, 2.75) is 13.5 Å². The van der Waals surface area contributed by atoms with Gasteiger partial charge >= 0.3 is 0 Å². The summed E-state index contributed by atoms with van der Waals surface area (Å²) in [7, 11) is 1.62. The molecule has 0 saturated heterocycles. The van der Waals surface area contributed by atoms with Crippen molar-refractivity contribution in [2.24, 2.45) is 0 Å². The Morgan fingerprint density at radius 2 is 1.75 bits per heavy atom. The van der Waals surface area contributed by atoms with Crippen LogP contribution in [-0.4, -0.2) is 7.11 Å². The minimum absolute atomic E-state index is 0.456. The molecule has 0 bridgehead atoms. The van der Waals surface area contributed by atoms with Crippen molar-refractivity contribution in [3.8, 4) is 0 Å². The Hall–Kier alpha value is -0.240. The number of hydrogen-bond acceptors (Lipinski definition) is 1. The van der Waals surface area contributed by atoms with Gasteiger partial charge in [-0.15, -0.1) is 0 Å². The molecule has 0 saturated carbocycles. The van der Waals surface area contributed by atoms with Crippen molar-refractivity contribution in [1.29, 1.82) is 0 Å². The highest BCUT2D eigenvalue weighted by molar-refractivity contribution is 6.36. The summed E-state index contributed by atoms with van der Waals surface area (Å²) in [6.07, 6.45) is 0. The van der Waals surface area contributed by atoms with Crippen LogP contribution >= 0.6 is 23.2 Å². The van der Waals surface area contributed by atoms with E-state index in [4.69, 9.17) is 27.9 Å². The van der Waals surface area contributed by atoms with Crippen molar-refractivity contribution < 1.29 is 4.74 Å². The first-order valence-corrected chi connectivity index (χ1v) is 4.34. The fourth-order valence-corrected chi connectivity index (χ4v) is 1.72. The van der Waals surface area contributed by atoms with Crippen LogP contribution in [0.4, 0.5) is 0 Å². The Morgan fingerprint density at radius 1 is 1.25 bits per heavy atom. The minimum Gasteiger partial charge on any atom is -0.380 e. The molecule has 66 valence electrons. The van der Waals surface area contributed by atoms with Gasteiger partial charge in [0.1, 0.15) is 0 Å². The molecule has 0 aliphatic heterocycles. The molecule has 0 aromatic heterocycles. The lowest BCUT2D eigenvalue weighted by atomic mass is 10.1. The molecule has 0 radical (unpaired) electrons. The monoisotopic (exact) mass is 204 g/mol. The van der Waals surface area contributed by atoms with Crippen LogP contribution in [0.25, 0.3) is 0 Å². The zero-order valence-electron chi connectivity index (χ0n) is 7.03. The van der Waals surface area contributed by atoms with Crippen LogP contribution in [0, 0.1) is 6.92 Å². The summed E-state index contributed by atoms with van der Waals surface area (Å²) >= 11 is 11.9. The van der Waals surface area contributed by atoms with Crippen molar-refractivity contribution in [1.82, 2.24) is 0 Å². The van der Waals surface area contributed by atoms with E-state index >= 15 is 0 Å². The number of benzene rings is 1. The van der Waals surface area contributed by atoms with Crippen molar-refractivity contribution in [2.75, 3.05) is 7.11 Å². The van der Waals surface area contributed by atoms with Gasteiger partial charge in [-0.1, -0.05) is 23.2 Å². The summed E-state index contributed by atoms with van der Waals surface area (Å²) in [6.45, 7) is 2.41. The largest absolute Gasteiger partial charge is 0.380 e. The Morgan fingerprint density at radius 3 is 2.17 bits per heavy atom. The Kier molecular flexibility index (Phi) is 3.39. The number of aryl methyl sites for hydroxylation is 1. The first-order valence-electron chi connectivity index (χ1n) is 3.58. The molecular formula is C9H10Cl2O. The molecule has 1 nitrogen and oxygen atoms in total. The normalized spacial score (nSPS) is 10.3. The lowest BCUT2D eigenvalue weighted by molar-refractivity contribution is 0.185. The summed E-state index contributed by atoms with van der Waals surface area (Å²) in [4.78, 5) is 0. The summed E-state index contributed by atoms with van der Waals surface area (Å²) in [5.41, 5.74) is 1.91. The number of methoxy groups -OCH3 is 1. The lowest BCUT2D eigenvalue weighted by Gasteiger charge is -2.06. The number of hydrogen-bond donors (Lipinski definition) is 0. The SMILES string of the molecule is COCc1c(Cl)cc(C)cc1Cl. The molecule has 0 spiro atoms. The minimum atomic E-state index is 0.456. The van der Waals surface area contributed by atoms with E-state index in [1.807, 2.05) is 19.1 Å². The molecule has 0 fully saturated rings. The molecule has 1 aromatic carbocycles. The molecule has 0 atom stereocenters. The Bertz CT molecular complexity index is 261. The van der Waals surface area contributed by atoms with Gasteiger partial charge < -0.3 is 4.74 Å². The van der Waals surface area contributed by atoms with E-state index in [1.165, 1.54) is 0 Å². The van der Waals surface area contributed by atoms with Crippen LogP contribution < -0.4 is 0 Å². The molecule has 0 unspecified atom stereocenters. The van der Waals surface area contributed by atoms with Gasteiger partial charge in [-0.3, -0.25) is 0 Å². The van der Waals surface area contributed by atoms with Crippen molar-refractivity contribution >= 4 is 23.2 Å². The number of halogens is 2. The van der Waals surface area contributed by atoms with Gasteiger partial charge in [0, 0.05) is 22.7 Å². The molecule has 0 N–H and O–H groups in total. The molecule has 0 amide bonds. The molecule has 1 rings (SSSR count). The topological polar surface area (TPSA) is 9.23 Å². The Labute approximate surface area is 82.2 Å². The summed E-state index contributed by atoms with van der Waals surface area (Å²) in [5.74, 6) is 0. The zero-order chi connectivity index (χ0) is 9.14. The molecule has 12 heavy (non-hydrogen) atoms. The molecule has 0 aliphatic rings. The third-order valence-corrected chi connectivity index (χ3v) is 2.25.